The highest BCUT2D eigenvalue weighted by Crippen LogP contribution is 2.11. The Morgan fingerprint density at radius 1 is 1.18 bits per heavy atom. The lowest BCUT2D eigenvalue weighted by Gasteiger charge is -2.06. The van der Waals surface area contributed by atoms with E-state index < -0.39 is 0 Å². The fourth-order valence-corrected chi connectivity index (χ4v) is 1.37. The Hall–Kier alpha value is -2.61. The number of hydrogen-bond acceptors (Lipinski definition) is 5. The smallest absolute Gasteiger partial charge is 0.169 e. The fourth-order valence-electron chi connectivity index (χ4n) is 1.37. The Labute approximate surface area is 98.9 Å². The van der Waals surface area contributed by atoms with E-state index in [9.17, 15) is 0 Å². The van der Waals surface area contributed by atoms with Crippen molar-refractivity contribution in [2.45, 2.75) is 6.54 Å². The SMILES string of the molecule is N#Cc1ccc(CNc2nccnc2N)cc1. The molecule has 1 aromatic carbocycles. The van der Waals surface area contributed by atoms with E-state index in [0.29, 0.717) is 23.7 Å². The van der Waals surface area contributed by atoms with Crippen molar-refractivity contribution < 1.29 is 0 Å². The number of rotatable bonds is 3. The summed E-state index contributed by atoms with van der Waals surface area (Å²) in [6.45, 7) is 0.592. The van der Waals surface area contributed by atoms with Gasteiger partial charge < -0.3 is 11.1 Å². The molecule has 0 atom stereocenters. The average molecular weight is 225 g/mol. The molecule has 0 unspecified atom stereocenters. The van der Waals surface area contributed by atoms with Crippen LogP contribution >= 0.6 is 0 Å². The van der Waals surface area contributed by atoms with Gasteiger partial charge in [-0.3, -0.25) is 0 Å². The van der Waals surface area contributed by atoms with Crippen LogP contribution in [-0.2, 0) is 6.54 Å². The van der Waals surface area contributed by atoms with Gasteiger partial charge in [0.15, 0.2) is 11.6 Å². The first-order valence-electron chi connectivity index (χ1n) is 5.09. The molecule has 0 aliphatic carbocycles. The largest absolute Gasteiger partial charge is 0.381 e. The minimum atomic E-state index is 0.376. The maximum Gasteiger partial charge on any atom is 0.169 e. The summed E-state index contributed by atoms with van der Waals surface area (Å²) < 4.78 is 0. The Morgan fingerprint density at radius 2 is 1.88 bits per heavy atom. The lowest BCUT2D eigenvalue weighted by Crippen LogP contribution is -2.05. The van der Waals surface area contributed by atoms with E-state index in [2.05, 4.69) is 21.4 Å². The molecule has 2 rings (SSSR count). The van der Waals surface area contributed by atoms with Gasteiger partial charge in [-0.25, -0.2) is 9.97 Å². The molecule has 5 heteroatoms. The molecule has 1 heterocycles. The van der Waals surface area contributed by atoms with Crippen LogP contribution in [0.3, 0.4) is 0 Å². The Morgan fingerprint density at radius 3 is 2.53 bits per heavy atom. The average Bonchev–Trinajstić information content (AvgIpc) is 2.38. The summed E-state index contributed by atoms with van der Waals surface area (Å²) in [6.07, 6.45) is 3.12. The van der Waals surface area contributed by atoms with Crippen molar-refractivity contribution in [3.8, 4) is 6.07 Å². The molecule has 0 amide bonds. The van der Waals surface area contributed by atoms with Gasteiger partial charge in [-0.05, 0) is 17.7 Å². The highest BCUT2D eigenvalue weighted by Gasteiger charge is 2.00. The summed E-state index contributed by atoms with van der Waals surface area (Å²) >= 11 is 0. The van der Waals surface area contributed by atoms with Gasteiger partial charge in [-0.15, -0.1) is 0 Å². The normalized spacial score (nSPS) is 9.59. The number of anilines is 2. The van der Waals surface area contributed by atoms with Crippen LogP contribution in [0.1, 0.15) is 11.1 Å². The number of nitrogen functional groups attached to an aromatic ring is 1. The second kappa shape index (κ2) is 4.94. The van der Waals surface area contributed by atoms with Gasteiger partial charge in [0.25, 0.3) is 0 Å². The number of nitrogens with zero attached hydrogens (tertiary/aromatic N) is 3. The lowest BCUT2D eigenvalue weighted by molar-refractivity contribution is 1.09. The van der Waals surface area contributed by atoms with E-state index in [0.717, 1.165) is 5.56 Å². The second-order valence-corrected chi connectivity index (χ2v) is 3.45. The predicted octanol–water partition coefficient (Wildman–Crippen LogP) is 1.54. The van der Waals surface area contributed by atoms with E-state index in [1.165, 1.54) is 0 Å². The molecule has 3 N–H and O–H groups in total. The summed E-state index contributed by atoms with van der Waals surface area (Å²) in [7, 11) is 0. The molecule has 0 bridgehead atoms. The van der Waals surface area contributed by atoms with E-state index in [1.54, 1.807) is 24.5 Å². The van der Waals surface area contributed by atoms with Crippen LogP contribution in [-0.4, -0.2) is 9.97 Å². The molecular weight excluding hydrogens is 214 g/mol. The van der Waals surface area contributed by atoms with Crippen LogP contribution < -0.4 is 11.1 Å². The molecule has 0 aliphatic heterocycles. The van der Waals surface area contributed by atoms with Crippen molar-refractivity contribution in [2.75, 3.05) is 11.1 Å². The monoisotopic (exact) mass is 225 g/mol. The van der Waals surface area contributed by atoms with Gasteiger partial charge in [0, 0.05) is 18.9 Å². The highest BCUT2D eigenvalue weighted by atomic mass is 15.0. The van der Waals surface area contributed by atoms with Crippen molar-refractivity contribution in [2.24, 2.45) is 0 Å². The first kappa shape index (κ1) is 10.9. The molecule has 0 spiro atoms. The lowest BCUT2D eigenvalue weighted by atomic mass is 10.1. The van der Waals surface area contributed by atoms with Gasteiger partial charge in [-0.1, -0.05) is 12.1 Å². The van der Waals surface area contributed by atoms with E-state index in [1.807, 2.05) is 12.1 Å². The number of nitrogens with one attached hydrogen (secondary N) is 1. The molecule has 0 saturated heterocycles. The molecule has 1 aromatic heterocycles. The maximum absolute atomic E-state index is 8.67. The number of nitrogens with two attached hydrogens (primary N) is 1. The van der Waals surface area contributed by atoms with Gasteiger partial charge in [0.2, 0.25) is 0 Å². The second-order valence-electron chi connectivity index (χ2n) is 3.45. The van der Waals surface area contributed by atoms with E-state index in [4.69, 9.17) is 11.0 Å². The molecule has 0 saturated carbocycles. The van der Waals surface area contributed by atoms with Gasteiger partial charge in [0.05, 0.1) is 11.6 Å². The van der Waals surface area contributed by atoms with Crippen molar-refractivity contribution >= 4 is 11.6 Å². The minimum absolute atomic E-state index is 0.376. The van der Waals surface area contributed by atoms with Crippen molar-refractivity contribution in [1.82, 2.24) is 9.97 Å². The number of nitriles is 1. The minimum Gasteiger partial charge on any atom is -0.381 e. The molecule has 0 fully saturated rings. The zero-order valence-corrected chi connectivity index (χ0v) is 9.09. The molecular formula is C12H11N5. The Kier molecular flexibility index (Phi) is 3.17. The van der Waals surface area contributed by atoms with Gasteiger partial charge in [0.1, 0.15) is 0 Å². The van der Waals surface area contributed by atoms with Crippen LogP contribution in [0.2, 0.25) is 0 Å². The van der Waals surface area contributed by atoms with Gasteiger partial charge >= 0.3 is 0 Å². The predicted molar refractivity (Wildman–Crippen MR) is 64.9 cm³/mol. The van der Waals surface area contributed by atoms with Crippen molar-refractivity contribution in [3.63, 3.8) is 0 Å². The van der Waals surface area contributed by atoms with Gasteiger partial charge in [-0.2, -0.15) is 5.26 Å². The van der Waals surface area contributed by atoms with E-state index >= 15 is 0 Å². The molecule has 17 heavy (non-hydrogen) atoms. The van der Waals surface area contributed by atoms with Crippen molar-refractivity contribution in [1.29, 1.82) is 5.26 Å². The van der Waals surface area contributed by atoms with Crippen LogP contribution in [0.25, 0.3) is 0 Å². The summed E-state index contributed by atoms with van der Waals surface area (Å²) in [5.41, 5.74) is 7.35. The molecule has 84 valence electrons. The van der Waals surface area contributed by atoms with E-state index in [-0.39, 0.29) is 0 Å². The molecule has 2 aromatic rings. The zero-order chi connectivity index (χ0) is 12.1. The quantitative estimate of drug-likeness (QED) is 0.827. The third-order valence-electron chi connectivity index (χ3n) is 2.27. The van der Waals surface area contributed by atoms with Crippen LogP contribution in [0.4, 0.5) is 11.6 Å². The van der Waals surface area contributed by atoms with Crippen LogP contribution in [0, 0.1) is 11.3 Å². The summed E-state index contributed by atoms with van der Waals surface area (Å²) in [4.78, 5) is 8.00. The molecule has 0 radical (unpaired) electrons. The Bertz CT molecular complexity index is 542. The van der Waals surface area contributed by atoms with Crippen LogP contribution in [0.15, 0.2) is 36.7 Å². The maximum atomic E-state index is 8.67. The Balaban J connectivity index is 2.03. The summed E-state index contributed by atoms with van der Waals surface area (Å²) in [5, 5.41) is 11.8. The van der Waals surface area contributed by atoms with Crippen molar-refractivity contribution in [3.05, 3.63) is 47.8 Å². The highest BCUT2D eigenvalue weighted by molar-refractivity contribution is 5.55. The third-order valence-corrected chi connectivity index (χ3v) is 2.27. The zero-order valence-electron chi connectivity index (χ0n) is 9.09. The fraction of sp³-hybridized carbons (Fsp3) is 0.0833. The third kappa shape index (κ3) is 2.69. The number of benzene rings is 1. The standard InChI is InChI=1S/C12H11N5/c13-7-9-1-3-10(4-2-9)8-17-12-11(14)15-5-6-16-12/h1-6H,8H2,(H2,14,15)(H,16,17). The topological polar surface area (TPSA) is 87.6 Å². The van der Waals surface area contributed by atoms with Crippen LogP contribution in [0.5, 0.6) is 0 Å². The number of hydrogen-bond donors (Lipinski definition) is 2. The first-order valence-corrected chi connectivity index (χ1v) is 5.09. The summed E-state index contributed by atoms with van der Waals surface area (Å²) in [6, 6.07) is 9.40. The number of aromatic nitrogens is 2. The molecule has 0 aliphatic rings. The molecule has 5 nitrogen and oxygen atoms in total. The summed E-state index contributed by atoms with van der Waals surface area (Å²) in [5.74, 6) is 0.943. The first-order chi connectivity index (χ1) is 8.29.